The van der Waals surface area contributed by atoms with Crippen molar-refractivity contribution < 1.29 is 22.8 Å². The summed E-state index contributed by atoms with van der Waals surface area (Å²) in [4.78, 5) is 24.4. The molecule has 0 saturated heterocycles. The second kappa shape index (κ2) is 6.29. The summed E-state index contributed by atoms with van der Waals surface area (Å²) in [5.74, 6) is -0.535. The van der Waals surface area contributed by atoms with Crippen LogP contribution in [0, 0.1) is 0 Å². The van der Waals surface area contributed by atoms with Crippen LogP contribution in [0.4, 0.5) is 23.7 Å². The zero-order valence-electron chi connectivity index (χ0n) is 12.5. The minimum Gasteiger partial charge on any atom is -0.306 e. The summed E-state index contributed by atoms with van der Waals surface area (Å²) in [5, 5.41) is 3.12. The Morgan fingerprint density at radius 1 is 1.16 bits per heavy atom. The first-order valence-electron chi connectivity index (χ1n) is 7.09. The first kappa shape index (κ1) is 17.1. The molecule has 1 unspecified atom stereocenters. The highest BCUT2D eigenvalue weighted by Crippen LogP contribution is 2.32. The van der Waals surface area contributed by atoms with Crippen LogP contribution in [0.3, 0.4) is 0 Å². The Balaban J connectivity index is 1.82. The SMILES string of the molecule is O=C1NN(C(=O)Nc2cccc(C(F)(F)F)c2)C(Cl)c2ccccc21. The summed E-state index contributed by atoms with van der Waals surface area (Å²) >= 11 is 6.21. The first-order chi connectivity index (χ1) is 11.8. The lowest BCUT2D eigenvalue weighted by molar-refractivity contribution is -0.137. The van der Waals surface area contributed by atoms with Gasteiger partial charge in [0.1, 0.15) is 0 Å². The third-order valence-corrected chi connectivity index (χ3v) is 4.00. The summed E-state index contributed by atoms with van der Waals surface area (Å²) in [6.45, 7) is 0. The zero-order chi connectivity index (χ0) is 18.2. The fraction of sp³-hybridized carbons (Fsp3) is 0.125. The maximum atomic E-state index is 12.7. The average molecular weight is 370 g/mol. The van der Waals surface area contributed by atoms with Crippen molar-refractivity contribution in [3.8, 4) is 0 Å². The van der Waals surface area contributed by atoms with Crippen molar-refractivity contribution in [2.24, 2.45) is 0 Å². The summed E-state index contributed by atoms with van der Waals surface area (Å²) in [6, 6.07) is 9.76. The molecule has 0 saturated carbocycles. The topological polar surface area (TPSA) is 61.4 Å². The summed E-state index contributed by atoms with van der Waals surface area (Å²) in [6.07, 6.45) is -4.53. The number of hydrogen-bond donors (Lipinski definition) is 2. The van der Waals surface area contributed by atoms with E-state index in [1.165, 1.54) is 12.1 Å². The number of anilines is 1. The predicted molar refractivity (Wildman–Crippen MR) is 84.8 cm³/mol. The molecule has 0 radical (unpaired) electrons. The molecule has 1 aliphatic rings. The van der Waals surface area contributed by atoms with E-state index in [4.69, 9.17) is 11.6 Å². The first-order valence-corrected chi connectivity index (χ1v) is 7.52. The Labute approximate surface area is 145 Å². The fourth-order valence-corrected chi connectivity index (χ4v) is 2.72. The molecular formula is C16H11ClF3N3O2. The number of hydrogen-bond acceptors (Lipinski definition) is 2. The number of carbonyl (C=O) groups is 2. The Morgan fingerprint density at radius 3 is 2.60 bits per heavy atom. The minimum atomic E-state index is -4.53. The maximum Gasteiger partial charge on any atom is 0.416 e. The zero-order valence-corrected chi connectivity index (χ0v) is 13.2. The average Bonchev–Trinajstić information content (AvgIpc) is 2.57. The number of hydrazine groups is 1. The van der Waals surface area contributed by atoms with Crippen LogP contribution in [0.5, 0.6) is 0 Å². The van der Waals surface area contributed by atoms with Crippen molar-refractivity contribution in [1.82, 2.24) is 10.4 Å². The number of carbonyl (C=O) groups excluding carboxylic acids is 2. The normalized spacial score (nSPS) is 16.9. The van der Waals surface area contributed by atoms with Crippen LogP contribution >= 0.6 is 11.6 Å². The molecule has 3 amide bonds. The number of amides is 3. The molecule has 0 aliphatic carbocycles. The van der Waals surface area contributed by atoms with Gasteiger partial charge in [0.15, 0.2) is 5.50 Å². The molecule has 9 heteroatoms. The van der Waals surface area contributed by atoms with Gasteiger partial charge in [-0.25, -0.2) is 9.80 Å². The Bertz CT molecular complexity index is 841. The lowest BCUT2D eigenvalue weighted by Crippen LogP contribution is -2.52. The number of alkyl halides is 4. The standard InChI is InChI=1S/C16H11ClF3N3O2/c17-13-11-6-1-2-7-12(11)14(24)22-23(13)15(25)21-10-5-3-4-9(8-10)16(18,19)20/h1-8,13H,(H,21,25)(H,22,24). The molecule has 0 bridgehead atoms. The lowest BCUT2D eigenvalue weighted by Gasteiger charge is -2.33. The summed E-state index contributed by atoms with van der Waals surface area (Å²) < 4.78 is 38.2. The molecule has 1 atom stereocenters. The van der Waals surface area contributed by atoms with Gasteiger partial charge in [-0.1, -0.05) is 35.9 Å². The number of halogens is 4. The molecule has 1 aliphatic heterocycles. The molecule has 25 heavy (non-hydrogen) atoms. The Kier molecular flexibility index (Phi) is 4.30. The van der Waals surface area contributed by atoms with Crippen molar-refractivity contribution in [2.75, 3.05) is 5.32 Å². The molecule has 1 heterocycles. The number of urea groups is 1. The second-order valence-electron chi connectivity index (χ2n) is 5.24. The summed E-state index contributed by atoms with van der Waals surface area (Å²) in [5.41, 5.74) is 1.09. The van der Waals surface area contributed by atoms with Gasteiger partial charge < -0.3 is 5.32 Å². The highest BCUT2D eigenvalue weighted by molar-refractivity contribution is 6.23. The lowest BCUT2D eigenvalue weighted by atomic mass is 10.1. The number of fused-ring (bicyclic) bond motifs is 1. The Morgan fingerprint density at radius 2 is 1.88 bits per heavy atom. The van der Waals surface area contributed by atoms with Crippen LogP contribution in [0.15, 0.2) is 48.5 Å². The highest BCUT2D eigenvalue weighted by atomic mass is 35.5. The number of nitrogens with one attached hydrogen (secondary N) is 2. The van der Waals surface area contributed by atoms with Crippen molar-refractivity contribution in [1.29, 1.82) is 0 Å². The molecule has 5 nitrogen and oxygen atoms in total. The van der Waals surface area contributed by atoms with Crippen molar-refractivity contribution in [2.45, 2.75) is 11.7 Å². The van der Waals surface area contributed by atoms with E-state index in [0.29, 0.717) is 11.1 Å². The molecule has 130 valence electrons. The number of benzene rings is 2. The number of nitrogens with zero attached hydrogens (tertiary/aromatic N) is 1. The molecule has 0 fully saturated rings. The van der Waals surface area contributed by atoms with Crippen LogP contribution in [-0.4, -0.2) is 16.9 Å². The van der Waals surface area contributed by atoms with Crippen molar-refractivity contribution in [3.63, 3.8) is 0 Å². The molecule has 2 aromatic rings. The van der Waals surface area contributed by atoms with E-state index in [1.807, 2.05) is 0 Å². The Hall–Kier alpha value is -2.74. The third-order valence-electron chi connectivity index (χ3n) is 3.57. The minimum absolute atomic E-state index is 0.0724. The van der Waals surface area contributed by atoms with Gasteiger partial charge in [0.2, 0.25) is 0 Å². The van der Waals surface area contributed by atoms with Crippen molar-refractivity contribution >= 4 is 29.2 Å². The van der Waals surface area contributed by atoms with Gasteiger partial charge in [0.05, 0.1) is 5.56 Å². The van der Waals surface area contributed by atoms with Gasteiger partial charge in [0.25, 0.3) is 5.91 Å². The number of rotatable bonds is 1. The van der Waals surface area contributed by atoms with E-state index in [-0.39, 0.29) is 5.69 Å². The van der Waals surface area contributed by atoms with E-state index in [1.54, 1.807) is 24.3 Å². The van der Waals surface area contributed by atoms with Crippen molar-refractivity contribution in [3.05, 3.63) is 65.2 Å². The third kappa shape index (κ3) is 3.39. The fourth-order valence-electron chi connectivity index (χ4n) is 2.39. The van der Waals surface area contributed by atoms with E-state index in [0.717, 1.165) is 17.1 Å². The smallest absolute Gasteiger partial charge is 0.306 e. The molecule has 0 aromatic heterocycles. The van der Waals surface area contributed by atoms with Crippen LogP contribution < -0.4 is 10.7 Å². The van der Waals surface area contributed by atoms with Gasteiger partial charge in [-0.15, -0.1) is 0 Å². The monoisotopic (exact) mass is 369 g/mol. The molecular weight excluding hydrogens is 359 g/mol. The van der Waals surface area contributed by atoms with E-state index in [2.05, 4.69) is 10.7 Å². The van der Waals surface area contributed by atoms with Gasteiger partial charge in [0, 0.05) is 16.8 Å². The van der Waals surface area contributed by atoms with E-state index >= 15 is 0 Å². The predicted octanol–water partition coefficient (Wildman–Crippen LogP) is 4.14. The van der Waals surface area contributed by atoms with Crippen LogP contribution in [-0.2, 0) is 6.18 Å². The summed E-state index contributed by atoms with van der Waals surface area (Å²) in [7, 11) is 0. The van der Waals surface area contributed by atoms with Gasteiger partial charge >= 0.3 is 12.2 Å². The van der Waals surface area contributed by atoms with Crippen LogP contribution in [0.1, 0.15) is 27.0 Å². The van der Waals surface area contributed by atoms with E-state index < -0.39 is 29.2 Å². The molecule has 3 rings (SSSR count). The quantitative estimate of drug-likeness (QED) is 0.586. The largest absolute Gasteiger partial charge is 0.416 e. The van der Waals surface area contributed by atoms with Crippen LogP contribution in [0.2, 0.25) is 0 Å². The van der Waals surface area contributed by atoms with Gasteiger partial charge in [-0.2, -0.15) is 13.2 Å². The molecule has 2 N–H and O–H groups in total. The van der Waals surface area contributed by atoms with Crippen LogP contribution in [0.25, 0.3) is 0 Å². The van der Waals surface area contributed by atoms with Gasteiger partial charge in [-0.05, 0) is 24.3 Å². The molecule has 0 spiro atoms. The maximum absolute atomic E-state index is 12.7. The molecule has 2 aromatic carbocycles. The highest BCUT2D eigenvalue weighted by Gasteiger charge is 2.34. The van der Waals surface area contributed by atoms with Gasteiger partial charge in [-0.3, -0.25) is 10.2 Å². The second-order valence-corrected chi connectivity index (χ2v) is 5.66. The van der Waals surface area contributed by atoms with E-state index in [9.17, 15) is 22.8 Å².